The molecule has 1 atom stereocenters. The highest BCUT2D eigenvalue weighted by atomic mass is 35.5. The van der Waals surface area contributed by atoms with Crippen LogP contribution in [0.25, 0.3) is 0 Å². The third-order valence-electron chi connectivity index (χ3n) is 4.56. The first kappa shape index (κ1) is 19.8. The molecule has 2 amide bonds. The summed E-state index contributed by atoms with van der Waals surface area (Å²) in [5.74, 6) is -0.110. The van der Waals surface area contributed by atoms with E-state index in [4.69, 9.17) is 11.6 Å². The molecule has 4 nitrogen and oxygen atoms in total. The molecule has 0 radical (unpaired) electrons. The van der Waals surface area contributed by atoms with Crippen molar-refractivity contribution in [2.24, 2.45) is 0 Å². The van der Waals surface area contributed by atoms with E-state index in [2.05, 4.69) is 5.32 Å². The minimum Gasteiger partial charge on any atom is -0.339 e. The number of hydrogen-bond donors (Lipinski definition) is 1. The first-order valence-corrected chi connectivity index (χ1v) is 10.5. The van der Waals surface area contributed by atoms with Crippen LogP contribution >= 0.6 is 23.4 Å². The number of halogens is 1. The maximum Gasteiger partial charge on any atom is 0.255 e. The molecule has 1 fully saturated rings. The Hall–Kier alpha value is -1.98. The highest BCUT2D eigenvalue weighted by molar-refractivity contribution is 8.00. The highest BCUT2D eigenvalue weighted by Gasteiger charge is 2.24. The van der Waals surface area contributed by atoms with Crippen molar-refractivity contribution in [1.82, 2.24) is 4.90 Å². The van der Waals surface area contributed by atoms with Crippen LogP contribution in [0.4, 0.5) is 5.69 Å². The Morgan fingerprint density at radius 3 is 2.44 bits per heavy atom. The van der Waals surface area contributed by atoms with Crippen LogP contribution in [0.1, 0.15) is 36.5 Å². The number of amides is 2. The summed E-state index contributed by atoms with van der Waals surface area (Å²) in [6, 6.07) is 14.7. The van der Waals surface area contributed by atoms with Gasteiger partial charge in [-0.15, -0.1) is 11.8 Å². The van der Waals surface area contributed by atoms with E-state index in [-0.39, 0.29) is 17.1 Å². The molecule has 1 N–H and O–H groups in total. The van der Waals surface area contributed by atoms with Gasteiger partial charge >= 0.3 is 0 Å². The van der Waals surface area contributed by atoms with Crippen LogP contribution in [0.15, 0.2) is 53.4 Å². The number of thioether (sulfide) groups is 1. The van der Waals surface area contributed by atoms with Crippen LogP contribution < -0.4 is 5.32 Å². The number of rotatable bonds is 6. The lowest BCUT2D eigenvalue weighted by molar-refractivity contribution is -0.115. The lowest BCUT2D eigenvalue weighted by atomic mass is 10.1. The summed E-state index contributed by atoms with van der Waals surface area (Å²) in [4.78, 5) is 28.4. The lowest BCUT2D eigenvalue weighted by Gasteiger charge is -2.19. The van der Waals surface area contributed by atoms with Gasteiger partial charge in [-0.2, -0.15) is 0 Å². The fourth-order valence-electron chi connectivity index (χ4n) is 3.08. The summed E-state index contributed by atoms with van der Waals surface area (Å²) in [6.07, 6.45) is 2.76. The summed E-state index contributed by atoms with van der Waals surface area (Å²) in [5.41, 5.74) is 1.13. The standard InChI is InChI=1S/C21H23ClN2O2S/c1-2-19(27-16-11-9-15(22)10-12-16)20(25)23-18-8-4-3-7-17(18)21(26)24-13-5-6-14-24/h3-4,7-12,19H,2,5-6,13-14H2,1H3,(H,23,25)/t19-/m1/s1. The Morgan fingerprint density at radius 2 is 1.78 bits per heavy atom. The van der Waals surface area contributed by atoms with Gasteiger partial charge in [0.05, 0.1) is 16.5 Å². The van der Waals surface area contributed by atoms with E-state index in [0.717, 1.165) is 30.8 Å². The fraction of sp³-hybridized carbons (Fsp3) is 0.333. The number of carbonyl (C=O) groups excluding carboxylic acids is 2. The van der Waals surface area contributed by atoms with Gasteiger partial charge in [-0.1, -0.05) is 30.7 Å². The fourth-order valence-corrected chi connectivity index (χ4v) is 4.16. The second-order valence-corrected chi connectivity index (χ2v) is 8.22. The SMILES string of the molecule is CC[C@@H](Sc1ccc(Cl)cc1)C(=O)Nc1ccccc1C(=O)N1CCCC1. The Kier molecular flexibility index (Phi) is 6.80. The smallest absolute Gasteiger partial charge is 0.255 e. The highest BCUT2D eigenvalue weighted by Crippen LogP contribution is 2.28. The van der Waals surface area contributed by atoms with Crippen molar-refractivity contribution >= 4 is 40.9 Å². The molecule has 142 valence electrons. The topological polar surface area (TPSA) is 49.4 Å². The van der Waals surface area contributed by atoms with Gasteiger partial charge in [-0.25, -0.2) is 0 Å². The normalized spacial score (nSPS) is 14.8. The summed E-state index contributed by atoms with van der Waals surface area (Å²) in [6.45, 7) is 3.55. The minimum absolute atomic E-state index is 0.0122. The molecule has 0 bridgehead atoms. The molecule has 2 aromatic carbocycles. The van der Waals surface area contributed by atoms with Crippen molar-refractivity contribution in [3.8, 4) is 0 Å². The maximum absolute atomic E-state index is 12.8. The van der Waals surface area contributed by atoms with Crippen molar-refractivity contribution in [3.63, 3.8) is 0 Å². The van der Waals surface area contributed by atoms with Gasteiger partial charge in [0.2, 0.25) is 5.91 Å². The molecule has 1 heterocycles. The average Bonchev–Trinajstić information content (AvgIpc) is 3.22. The zero-order chi connectivity index (χ0) is 19.2. The molecular weight excluding hydrogens is 380 g/mol. The van der Waals surface area contributed by atoms with Gasteiger partial charge in [-0.05, 0) is 55.7 Å². The second-order valence-electron chi connectivity index (χ2n) is 6.50. The molecule has 0 aliphatic carbocycles. The second kappa shape index (κ2) is 9.29. The van der Waals surface area contributed by atoms with Crippen LogP contribution in [0, 0.1) is 0 Å². The third-order valence-corrected chi connectivity index (χ3v) is 6.19. The molecule has 1 aliphatic rings. The quantitative estimate of drug-likeness (QED) is 0.685. The van der Waals surface area contributed by atoms with Crippen LogP contribution in [0.5, 0.6) is 0 Å². The third kappa shape index (κ3) is 5.05. The largest absolute Gasteiger partial charge is 0.339 e. The molecule has 0 spiro atoms. The zero-order valence-electron chi connectivity index (χ0n) is 15.3. The molecule has 3 rings (SSSR count). The van der Waals surface area contributed by atoms with E-state index in [9.17, 15) is 9.59 Å². The number of para-hydroxylation sites is 1. The number of nitrogens with one attached hydrogen (secondary N) is 1. The van der Waals surface area contributed by atoms with E-state index >= 15 is 0 Å². The summed E-state index contributed by atoms with van der Waals surface area (Å²) in [7, 11) is 0. The Morgan fingerprint density at radius 1 is 1.11 bits per heavy atom. The van der Waals surface area contributed by atoms with Gasteiger partial charge < -0.3 is 10.2 Å². The van der Waals surface area contributed by atoms with Gasteiger partial charge in [0.25, 0.3) is 5.91 Å². The van der Waals surface area contributed by atoms with Crippen LogP contribution in [-0.4, -0.2) is 35.1 Å². The van der Waals surface area contributed by atoms with E-state index in [1.54, 1.807) is 12.1 Å². The van der Waals surface area contributed by atoms with Crippen molar-refractivity contribution in [1.29, 1.82) is 0 Å². The van der Waals surface area contributed by atoms with Crippen molar-refractivity contribution in [2.75, 3.05) is 18.4 Å². The lowest BCUT2D eigenvalue weighted by Crippen LogP contribution is -2.30. The van der Waals surface area contributed by atoms with Gasteiger partial charge in [-0.3, -0.25) is 9.59 Å². The molecule has 0 aromatic heterocycles. The number of hydrogen-bond acceptors (Lipinski definition) is 3. The Labute approximate surface area is 169 Å². The van der Waals surface area contributed by atoms with Crippen LogP contribution in [-0.2, 0) is 4.79 Å². The predicted octanol–water partition coefficient (Wildman–Crippen LogP) is 5.09. The number of nitrogens with zero attached hydrogens (tertiary/aromatic N) is 1. The summed E-state index contributed by atoms with van der Waals surface area (Å²) < 4.78 is 0. The number of benzene rings is 2. The summed E-state index contributed by atoms with van der Waals surface area (Å²) in [5, 5.41) is 3.39. The summed E-state index contributed by atoms with van der Waals surface area (Å²) >= 11 is 7.43. The van der Waals surface area contributed by atoms with E-state index < -0.39 is 0 Å². The average molecular weight is 403 g/mol. The number of likely N-dealkylation sites (tertiary alicyclic amines) is 1. The van der Waals surface area contributed by atoms with E-state index in [1.807, 2.05) is 48.2 Å². The molecule has 2 aromatic rings. The predicted molar refractivity (Wildman–Crippen MR) is 112 cm³/mol. The van der Waals surface area contributed by atoms with Crippen molar-refractivity contribution < 1.29 is 9.59 Å². The molecule has 1 aliphatic heterocycles. The van der Waals surface area contributed by atoms with Crippen LogP contribution in [0.3, 0.4) is 0 Å². The number of anilines is 1. The Balaban J connectivity index is 1.72. The van der Waals surface area contributed by atoms with E-state index in [1.165, 1.54) is 11.8 Å². The molecule has 27 heavy (non-hydrogen) atoms. The molecule has 6 heteroatoms. The molecule has 0 saturated carbocycles. The molecular formula is C21H23ClN2O2S. The maximum atomic E-state index is 12.8. The van der Waals surface area contributed by atoms with Gasteiger partial charge in [0.1, 0.15) is 0 Å². The Bertz CT molecular complexity index is 804. The monoisotopic (exact) mass is 402 g/mol. The molecule has 0 unspecified atom stereocenters. The molecule has 1 saturated heterocycles. The zero-order valence-corrected chi connectivity index (χ0v) is 16.9. The van der Waals surface area contributed by atoms with Crippen LogP contribution in [0.2, 0.25) is 5.02 Å². The first-order chi connectivity index (χ1) is 13.1. The first-order valence-electron chi connectivity index (χ1n) is 9.20. The van der Waals surface area contributed by atoms with E-state index in [0.29, 0.717) is 22.7 Å². The number of carbonyl (C=O) groups is 2. The van der Waals surface area contributed by atoms with Crippen molar-refractivity contribution in [2.45, 2.75) is 36.3 Å². The van der Waals surface area contributed by atoms with Crippen molar-refractivity contribution in [3.05, 3.63) is 59.1 Å². The van der Waals surface area contributed by atoms with Gasteiger partial charge in [0, 0.05) is 23.0 Å². The minimum atomic E-state index is -0.249. The van der Waals surface area contributed by atoms with Gasteiger partial charge in [0.15, 0.2) is 0 Å².